The van der Waals surface area contributed by atoms with Crippen LogP contribution >= 0.6 is 0 Å². The van der Waals surface area contributed by atoms with Crippen LogP contribution in [0.5, 0.6) is 0 Å². The normalized spacial score (nSPS) is 21.2. The summed E-state index contributed by atoms with van der Waals surface area (Å²) in [6, 6.07) is -1.12. The Kier molecular flexibility index (Phi) is 12.2. The van der Waals surface area contributed by atoms with Gasteiger partial charge in [0.2, 0.25) is 0 Å². The highest BCUT2D eigenvalue weighted by atomic mass is 19.4. The van der Waals surface area contributed by atoms with Gasteiger partial charge in [-0.2, -0.15) is 13.2 Å². The molecular formula is C18H28F4N2O6. The number of aliphatic carboxylic acids is 1. The Morgan fingerprint density at radius 1 is 1.27 bits per heavy atom. The highest BCUT2D eigenvalue weighted by molar-refractivity contribution is 5.89. The van der Waals surface area contributed by atoms with E-state index in [0.29, 0.717) is 5.57 Å². The number of carboxylic acids is 1. The van der Waals surface area contributed by atoms with E-state index in [4.69, 9.17) is 25.1 Å². The first kappa shape index (κ1) is 27.8. The van der Waals surface area contributed by atoms with E-state index in [2.05, 4.69) is 5.32 Å². The zero-order valence-corrected chi connectivity index (χ0v) is 17.0. The molecule has 1 amide bonds. The molecule has 0 aliphatic heterocycles. The van der Waals surface area contributed by atoms with E-state index >= 15 is 0 Å². The number of ether oxygens (including phenoxy) is 2. The van der Waals surface area contributed by atoms with E-state index in [0.717, 1.165) is 12.8 Å². The zero-order valence-electron chi connectivity index (χ0n) is 17.0. The maximum atomic E-state index is 12.5. The summed E-state index contributed by atoms with van der Waals surface area (Å²) in [7, 11) is 0. The van der Waals surface area contributed by atoms with Crippen molar-refractivity contribution >= 4 is 17.8 Å². The predicted molar refractivity (Wildman–Crippen MR) is 98.1 cm³/mol. The average Bonchev–Trinajstić information content (AvgIpc) is 2.67. The lowest BCUT2D eigenvalue weighted by Gasteiger charge is -2.36. The van der Waals surface area contributed by atoms with E-state index < -0.39 is 48.9 Å². The monoisotopic (exact) mass is 444 g/mol. The molecule has 1 rings (SSSR count). The van der Waals surface area contributed by atoms with Crippen LogP contribution in [0.15, 0.2) is 11.6 Å². The standard InChI is InChI=1S/C16H27FN2O4.C2HF3O2/c1-4-11(5-2)23-13-8-10(16(21)22-6-3)7-12(18)15(13)19-14(20)9-17;3-2(4,5)1(6)7/h8,11-13,15H,4-7,9,18H2,1-3H3,(H,19,20);(H,6,7). The number of carboxylic acid groups (broad SMARTS) is 1. The maximum absolute atomic E-state index is 12.5. The molecule has 0 heterocycles. The summed E-state index contributed by atoms with van der Waals surface area (Å²) in [5, 5.41) is 9.68. The second-order valence-electron chi connectivity index (χ2n) is 6.35. The SMILES string of the molecule is CCOC(=O)C1=CC(OC(CC)CC)C(NC(=O)CF)C(N)C1.O=C(O)C(F)(F)F. The number of nitrogens with two attached hydrogens (primary N) is 1. The molecule has 0 aromatic carbocycles. The Morgan fingerprint density at radius 2 is 1.80 bits per heavy atom. The van der Waals surface area contributed by atoms with Crippen LogP contribution in [-0.2, 0) is 23.9 Å². The first-order valence-electron chi connectivity index (χ1n) is 9.35. The lowest BCUT2D eigenvalue weighted by molar-refractivity contribution is -0.192. The first-order chi connectivity index (χ1) is 13.9. The lowest BCUT2D eigenvalue weighted by atomic mass is 9.88. The molecule has 0 radical (unpaired) electrons. The van der Waals surface area contributed by atoms with Crippen LogP contribution in [0.25, 0.3) is 0 Å². The number of esters is 1. The van der Waals surface area contributed by atoms with Gasteiger partial charge in [0.1, 0.15) is 0 Å². The van der Waals surface area contributed by atoms with Crippen molar-refractivity contribution in [3.05, 3.63) is 11.6 Å². The fourth-order valence-corrected chi connectivity index (χ4v) is 2.61. The third kappa shape index (κ3) is 9.53. The smallest absolute Gasteiger partial charge is 0.475 e. The molecule has 0 bridgehead atoms. The molecule has 0 aromatic heterocycles. The van der Waals surface area contributed by atoms with Crippen LogP contribution in [0.2, 0.25) is 0 Å². The number of carbonyl (C=O) groups is 3. The summed E-state index contributed by atoms with van der Waals surface area (Å²) in [5.41, 5.74) is 6.52. The van der Waals surface area contributed by atoms with Crippen molar-refractivity contribution in [1.82, 2.24) is 5.32 Å². The Labute approximate surface area is 171 Å². The second-order valence-corrected chi connectivity index (χ2v) is 6.35. The zero-order chi connectivity index (χ0) is 23.5. The van der Waals surface area contributed by atoms with Crippen LogP contribution < -0.4 is 11.1 Å². The van der Waals surface area contributed by atoms with Crippen molar-refractivity contribution in [2.24, 2.45) is 5.73 Å². The number of rotatable bonds is 8. The van der Waals surface area contributed by atoms with Gasteiger partial charge in [-0.15, -0.1) is 0 Å². The third-order valence-corrected chi connectivity index (χ3v) is 4.13. The number of carbonyl (C=O) groups excluding carboxylic acids is 2. The largest absolute Gasteiger partial charge is 0.490 e. The molecular weight excluding hydrogens is 416 g/mol. The van der Waals surface area contributed by atoms with Crippen LogP contribution in [0.1, 0.15) is 40.0 Å². The highest BCUT2D eigenvalue weighted by Crippen LogP contribution is 2.24. The average molecular weight is 444 g/mol. The van der Waals surface area contributed by atoms with Gasteiger partial charge in [-0.1, -0.05) is 13.8 Å². The summed E-state index contributed by atoms with van der Waals surface area (Å²) in [4.78, 5) is 32.3. The van der Waals surface area contributed by atoms with Crippen LogP contribution in [0.3, 0.4) is 0 Å². The number of hydrogen-bond acceptors (Lipinski definition) is 6. The van der Waals surface area contributed by atoms with Gasteiger partial charge >= 0.3 is 18.1 Å². The van der Waals surface area contributed by atoms with Crippen molar-refractivity contribution < 1.29 is 46.5 Å². The fraction of sp³-hybridized carbons (Fsp3) is 0.722. The van der Waals surface area contributed by atoms with E-state index in [1.54, 1.807) is 13.0 Å². The molecule has 1 aliphatic carbocycles. The van der Waals surface area contributed by atoms with Gasteiger partial charge in [-0.25, -0.2) is 14.0 Å². The van der Waals surface area contributed by atoms with Gasteiger partial charge in [0, 0.05) is 11.6 Å². The lowest BCUT2D eigenvalue weighted by Crippen LogP contribution is -2.57. The Hall–Kier alpha value is -2.21. The molecule has 3 unspecified atom stereocenters. The molecule has 0 aromatic rings. The first-order valence-corrected chi connectivity index (χ1v) is 9.35. The van der Waals surface area contributed by atoms with Gasteiger partial charge in [-0.3, -0.25) is 4.79 Å². The minimum Gasteiger partial charge on any atom is -0.475 e. The third-order valence-electron chi connectivity index (χ3n) is 4.13. The molecule has 3 atom stereocenters. The van der Waals surface area contributed by atoms with Gasteiger partial charge < -0.3 is 25.6 Å². The number of nitrogens with one attached hydrogen (secondary N) is 1. The Balaban J connectivity index is 0.00000103. The molecule has 1 aliphatic rings. The highest BCUT2D eigenvalue weighted by Gasteiger charge is 2.38. The fourth-order valence-electron chi connectivity index (χ4n) is 2.61. The van der Waals surface area contributed by atoms with Gasteiger partial charge in [-0.05, 0) is 32.3 Å². The minimum atomic E-state index is -5.08. The topological polar surface area (TPSA) is 128 Å². The molecule has 0 saturated carbocycles. The van der Waals surface area contributed by atoms with E-state index in [1.807, 2.05) is 13.8 Å². The molecule has 0 spiro atoms. The van der Waals surface area contributed by atoms with Crippen LogP contribution in [0, 0.1) is 0 Å². The summed E-state index contributed by atoms with van der Waals surface area (Å²) >= 11 is 0. The molecule has 30 heavy (non-hydrogen) atoms. The van der Waals surface area contributed by atoms with Gasteiger partial charge in [0.15, 0.2) is 6.67 Å². The van der Waals surface area contributed by atoms with E-state index in [-0.39, 0.29) is 19.1 Å². The van der Waals surface area contributed by atoms with Crippen molar-refractivity contribution in [2.45, 2.75) is 70.5 Å². The van der Waals surface area contributed by atoms with E-state index in [9.17, 15) is 27.2 Å². The maximum Gasteiger partial charge on any atom is 0.490 e. The summed E-state index contributed by atoms with van der Waals surface area (Å²) in [6.45, 7) is 4.86. The second kappa shape index (κ2) is 13.2. The van der Waals surface area contributed by atoms with Gasteiger partial charge in [0.05, 0.1) is 24.9 Å². The molecule has 12 heteroatoms. The Morgan fingerprint density at radius 3 is 2.20 bits per heavy atom. The summed E-state index contributed by atoms with van der Waals surface area (Å²) < 4.78 is 55.2. The molecule has 0 fully saturated rings. The molecule has 8 nitrogen and oxygen atoms in total. The quantitative estimate of drug-likeness (QED) is 0.385. The van der Waals surface area contributed by atoms with E-state index in [1.165, 1.54) is 0 Å². The number of hydrogen-bond donors (Lipinski definition) is 3. The van der Waals surface area contributed by atoms with Gasteiger partial charge in [0.25, 0.3) is 5.91 Å². The van der Waals surface area contributed by atoms with Crippen molar-refractivity contribution in [3.63, 3.8) is 0 Å². The summed E-state index contributed by atoms with van der Waals surface area (Å²) in [6.07, 6.45) is -2.24. The van der Waals surface area contributed by atoms with Crippen molar-refractivity contribution in [1.29, 1.82) is 0 Å². The number of amides is 1. The Bertz CT molecular complexity index is 608. The number of alkyl halides is 4. The van der Waals surface area contributed by atoms with Crippen molar-refractivity contribution in [3.8, 4) is 0 Å². The van der Waals surface area contributed by atoms with Crippen LogP contribution in [0.4, 0.5) is 17.6 Å². The van der Waals surface area contributed by atoms with Crippen molar-refractivity contribution in [2.75, 3.05) is 13.3 Å². The van der Waals surface area contributed by atoms with Crippen LogP contribution in [-0.4, -0.2) is 66.7 Å². The summed E-state index contributed by atoms with van der Waals surface area (Å²) in [5.74, 6) is -3.93. The molecule has 174 valence electrons. The minimum absolute atomic E-state index is 0.0326. The molecule has 4 N–H and O–H groups in total. The molecule has 0 saturated heterocycles. The number of halogens is 4. The predicted octanol–water partition coefficient (Wildman–Crippen LogP) is 1.87.